The number of nitrogens with one attached hydrogen (secondary N) is 1. The number of nitrogens with zero attached hydrogens (tertiary/aromatic N) is 1. The van der Waals surface area contributed by atoms with Crippen LogP contribution in [-0.2, 0) is 4.79 Å². The summed E-state index contributed by atoms with van der Waals surface area (Å²) in [4.78, 5) is 12.2. The highest BCUT2D eigenvalue weighted by molar-refractivity contribution is 5.50. The van der Waals surface area contributed by atoms with E-state index in [0.29, 0.717) is 6.41 Å². The van der Waals surface area contributed by atoms with Gasteiger partial charge in [-0.1, -0.05) is 47.3 Å². The van der Waals surface area contributed by atoms with Gasteiger partial charge in [0, 0.05) is 12.2 Å². The fourth-order valence-electron chi connectivity index (χ4n) is 0.767. The molecule has 1 N–H and O–H groups in total. The smallest absolute Gasteiger partial charge is 0.211 e. The van der Waals surface area contributed by atoms with Crippen LogP contribution in [-0.4, -0.2) is 31.4 Å². The Hall–Kier alpha value is -1.09. The Morgan fingerprint density at radius 3 is 2.12 bits per heavy atom. The lowest BCUT2D eigenvalue weighted by molar-refractivity contribution is -0.109. The molecule has 0 radical (unpaired) electrons. The standard InChI is InChI=1S/C9H16N2O.2C2H6/c1-4-6-9(10-8-12)7-11(3)5-2;2*1-2/h4,6,8H,1,5,7H2,2-3H3,(H,10,12);2*1-2H3/b9-6-;;. The van der Waals surface area contributed by atoms with Crippen molar-refractivity contribution >= 4 is 6.41 Å². The maximum Gasteiger partial charge on any atom is 0.211 e. The van der Waals surface area contributed by atoms with Crippen LogP contribution in [0.4, 0.5) is 0 Å². The van der Waals surface area contributed by atoms with Crippen molar-refractivity contribution in [3.63, 3.8) is 0 Å². The number of rotatable bonds is 6. The third-order valence-corrected chi connectivity index (χ3v) is 1.54. The van der Waals surface area contributed by atoms with E-state index in [0.717, 1.165) is 18.8 Å². The summed E-state index contributed by atoms with van der Waals surface area (Å²) in [6.45, 7) is 15.3. The summed E-state index contributed by atoms with van der Waals surface area (Å²) in [7, 11) is 1.99. The van der Waals surface area contributed by atoms with Gasteiger partial charge < -0.3 is 10.2 Å². The first-order valence-corrected chi connectivity index (χ1v) is 5.94. The molecule has 0 aromatic heterocycles. The largest absolute Gasteiger partial charge is 0.331 e. The van der Waals surface area contributed by atoms with Gasteiger partial charge in [0.1, 0.15) is 0 Å². The Morgan fingerprint density at radius 1 is 1.31 bits per heavy atom. The van der Waals surface area contributed by atoms with Crippen molar-refractivity contribution in [3.8, 4) is 0 Å². The van der Waals surface area contributed by atoms with E-state index in [-0.39, 0.29) is 0 Å². The molecule has 0 saturated heterocycles. The monoisotopic (exact) mass is 228 g/mol. The molecule has 0 aromatic rings. The zero-order valence-electron chi connectivity index (χ0n) is 11.7. The highest BCUT2D eigenvalue weighted by Gasteiger charge is 1.98. The van der Waals surface area contributed by atoms with Gasteiger partial charge in [-0.05, 0) is 19.7 Å². The third kappa shape index (κ3) is 15.4. The molecule has 0 aliphatic carbocycles. The number of carbonyl (C=O) groups is 1. The molecule has 0 bridgehead atoms. The van der Waals surface area contributed by atoms with E-state index in [4.69, 9.17) is 0 Å². The van der Waals surface area contributed by atoms with E-state index < -0.39 is 0 Å². The van der Waals surface area contributed by atoms with Crippen LogP contribution in [0.5, 0.6) is 0 Å². The van der Waals surface area contributed by atoms with Gasteiger partial charge in [0.05, 0.1) is 0 Å². The lowest BCUT2D eigenvalue weighted by Crippen LogP contribution is -2.26. The van der Waals surface area contributed by atoms with Crippen LogP contribution < -0.4 is 5.32 Å². The van der Waals surface area contributed by atoms with E-state index in [9.17, 15) is 4.79 Å². The van der Waals surface area contributed by atoms with Gasteiger partial charge in [0.15, 0.2) is 0 Å². The third-order valence-electron chi connectivity index (χ3n) is 1.54. The van der Waals surface area contributed by atoms with E-state index >= 15 is 0 Å². The van der Waals surface area contributed by atoms with Crippen LogP contribution in [0.1, 0.15) is 34.6 Å². The Balaban J connectivity index is -0.000000376. The molecule has 0 aromatic carbocycles. The van der Waals surface area contributed by atoms with Crippen molar-refractivity contribution in [2.45, 2.75) is 34.6 Å². The van der Waals surface area contributed by atoms with E-state index in [2.05, 4.69) is 23.7 Å². The molecule has 0 saturated carbocycles. The van der Waals surface area contributed by atoms with Crippen molar-refractivity contribution in [2.24, 2.45) is 0 Å². The number of carbonyl (C=O) groups excluding carboxylic acids is 1. The van der Waals surface area contributed by atoms with Gasteiger partial charge in [-0.3, -0.25) is 4.79 Å². The van der Waals surface area contributed by atoms with Crippen LogP contribution >= 0.6 is 0 Å². The quantitative estimate of drug-likeness (QED) is 0.560. The number of likely N-dealkylation sites (N-methyl/N-ethyl adjacent to an activating group) is 1. The van der Waals surface area contributed by atoms with Gasteiger partial charge in [-0.15, -0.1) is 0 Å². The van der Waals surface area contributed by atoms with Gasteiger partial charge >= 0.3 is 0 Å². The maximum atomic E-state index is 10.2. The zero-order valence-corrected chi connectivity index (χ0v) is 11.7. The summed E-state index contributed by atoms with van der Waals surface area (Å²) in [5.41, 5.74) is 0.865. The molecular weight excluding hydrogens is 200 g/mol. The van der Waals surface area contributed by atoms with Gasteiger partial charge in [-0.2, -0.15) is 0 Å². The molecule has 3 nitrogen and oxygen atoms in total. The number of hydrogen-bond acceptors (Lipinski definition) is 2. The van der Waals surface area contributed by atoms with E-state index in [1.807, 2.05) is 34.7 Å². The second-order valence-corrected chi connectivity index (χ2v) is 2.52. The van der Waals surface area contributed by atoms with Crippen LogP contribution in [0.15, 0.2) is 24.4 Å². The molecule has 0 fully saturated rings. The summed E-state index contributed by atoms with van der Waals surface area (Å²) < 4.78 is 0. The molecule has 1 amide bonds. The maximum absolute atomic E-state index is 10.2. The normalized spacial score (nSPS) is 9.31. The number of allylic oxidation sites excluding steroid dienone is 2. The first-order valence-electron chi connectivity index (χ1n) is 5.94. The number of hydrogen-bond donors (Lipinski definition) is 1. The van der Waals surface area contributed by atoms with Crippen LogP contribution in [0.2, 0.25) is 0 Å². The Kier molecular flexibility index (Phi) is 24.8. The first-order chi connectivity index (χ1) is 7.74. The van der Waals surface area contributed by atoms with Gasteiger partial charge in [-0.25, -0.2) is 0 Å². The highest BCUT2D eigenvalue weighted by atomic mass is 16.1. The average Bonchev–Trinajstić information content (AvgIpc) is 2.34. The van der Waals surface area contributed by atoms with Crippen LogP contribution in [0, 0.1) is 0 Å². The summed E-state index contributed by atoms with van der Waals surface area (Å²) in [6, 6.07) is 0. The fourth-order valence-corrected chi connectivity index (χ4v) is 0.767. The molecular formula is C13H28N2O. The minimum absolute atomic E-state index is 0.679. The summed E-state index contributed by atoms with van der Waals surface area (Å²) in [5.74, 6) is 0. The van der Waals surface area contributed by atoms with Crippen molar-refractivity contribution in [1.29, 1.82) is 0 Å². The second kappa shape index (κ2) is 19.5. The lowest BCUT2D eigenvalue weighted by atomic mass is 10.3. The molecule has 96 valence electrons. The molecule has 0 heterocycles. The fraction of sp³-hybridized carbons (Fsp3) is 0.615. The van der Waals surface area contributed by atoms with Gasteiger partial charge in [0.2, 0.25) is 6.41 Å². The molecule has 0 spiro atoms. The van der Waals surface area contributed by atoms with E-state index in [1.54, 1.807) is 12.2 Å². The minimum atomic E-state index is 0.679. The predicted octanol–water partition coefficient (Wildman–Crippen LogP) is 2.81. The zero-order chi connectivity index (χ0) is 13.4. The second-order valence-electron chi connectivity index (χ2n) is 2.52. The van der Waals surface area contributed by atoms with Crippen molar-refractivity contribution in [3.05, 3.63) is 24.4 Å². The summed E-state index contributed by atoms with van der Waals surface area (Å²) in [6.07, 6.45) is 4.13. The molecule has 16 heavy (non-hydrogen) atoms. The van der Waals surface area contributed by atoms with Crippen molar-refractivity contribution in [2.75, 3.05) is 20.1 Å². The Bertz CT molecular complexity index is 177. The Labute approximate surface area is 101 Å². The molecule has 0 rings (SSSR count). The topological polar surface area (TPSA) is 32.3 Å². The molecule has 0 atom stereocenters. The molecule has 0 aliphatic rings. The first kappa shape index (κ1) is 20.3. The SMILES string of the molecule is C=C/C=C(/CN(C)CC)NC=O.CC.CC. The Morgan fingerprint density at radius 2 is 1.81 bits per heavy atom. The van der Waals surface area contributed by atoms with E-state index in [1.165, 1.54) is 0 Å². The highest BCUT2D eigenvalue weighted by Crippen LogP contribution is 1.92. The minimum Gasteiger partial charge on any atom is -0.331 e. The molecule has 0 unspecified atom stereocenters. The lowest BCUT2D eigenvalue weighted by Gasteiger charge is -2.15. The summed E-state index contributed by atoms with van der Waals surface area (Å²) in [5, 5.41) is 2.62. The molecule has 0 aliphatic heterocycles. The molecule has 3 heteroatoms. The van der Waals surface area contributed by atoms with Crippen LogP contribution in [0.25, 0.3) is 0 Å². The van der Waals surface area contributed by atoms with Crippen molar-refractivity contribution in [1.82, 2.24) is 10.2 Å². The van der Waals surface area contributed by atoms with Crippen LogP contribution in [0.3, 0.4) is 0 Å². The van der Waals surface area contributed by atoms with Gasteiger partial charge in [0.25, 0.3) is 0 Å². The van der Waals surface area contributed by atoms with Crippen molar-refractivity contribution < 1.29 is 4.79 Å². The summed E-state index contributed by atoms with van der Waals surface area (Å²) >= 11 is 0. The average molecular weight is 228 g/mol. The number of amides is 1. The predicted molar refractivity (Wildman–Crippen MR) is 73.3 cm³/mol.